The van der Waals surface area contributed by atoms with Crippen LogP contribution in [0.15, 0.2) is 23.2 Å². The topological polar surface area (TPSA) is 366 Å². The molecule has 0 spiro atoms. The lowest BCUT2D eigenvalue weighted by atomic mass is 10.1. The van der Waals surface area contributed by atoms with E-state index in [0.717, 1.165) is 6.07 Å². The van der Waals surface area contributed by atoms with Crippen molar-refractivity contribution in [3.05, 3.63) is 23.8 Å². The molecule has 3 atom stereocenters. The van der Waals surface area contributed by atoms with E-state index >= 15 is 0 Å². The summed E-state index contributed by atoms with van der Waals surface area (Å²) in [6, 6.07) is 0.701. The van der Waals surface area contributed by atoms with Crippen LogP contribution >= 0.6 is 0 Å². The summed E-state index contributed by atoms with van der Waals surface area (Å²) in [5.74, 6) is -4.40. The molecule has 0 fully saturated rings. The summed E-state index contributed by atoms with van der Waals surface area (Å²) in [5, 5.41) is 32.2. The van der Waals surface area contributed by atoms with Gasteiger partial charge in [-0.05, 0) is 64.5 Å². The van der Waals surface area contributed by atoms with Crippen molar-refractivity contribution < 1.29 is 43.8 Å². The maximum atomic E-state index is 13.2. The number of aliphatic imine (C=N–C) groups is 1. The second-order valence-corrected chi connectivity index (χ2v) is 13.1. The first kappa shape index (κ1) is 48.3. The summed E-state index contributed by atoms with van der Waals surface area (Å²) in [7, 11) is 0. The van der Waals surface area contributed by atoms with E-state index in [-0.39, 0.29) is 61.4 Å². The third-order valence-electron chi connectivity index (χ3n) is 8.23. The van der Waals surface area contributed by atoms with Crippen LogP contribution in [0.4, 0.5) is 0 Å². The van der Waals surface area contributed by atoms with Crippen molar-refractivity contribution >= 4 is 47.3 Å². The number of aromatic hydroxyl groups is 2. The van der Waals surface area contributed by atoms with Gasteiger partial charge in [0.05, 0.1) is 25.4 Å². The maximum Gasteiger partial charge on any atom is 0.244 e. The van der Waals surface area contributed by atoms with Gasteiger partial charge in [0.25, 0.3) is 0 Å². The van der Waals surface area contributed by atoms with Gasteiger partial charge in [-0.3, -0.25) is 38.6 Å². The number of rotatable bonds is 28. The van der Waals surface area contributed by atoms with Crippen LogP contribution in [0.5, 0.6) is 11.5 Å². The molecule has 0 unspecified atom stereocenters. The first-order valence-corrected chi connectivity index (χ1v) is 18.5. The highest BCUT2D eigenvalue weighted by atomic mass is 16.3. The fraction of sp³-hybridized carbons (Fsp3) is 0.600. The van der Waals surface area contributed by atoms with Crippen LogP contribution in [0.25, 0.3) is 0 Å². The number of nitrogens with two attached hydrogens (primary N) is 5. The van der Waals surface area contributed by atoms with E-state index in [0.29, 0.717) is 71.1 Å². The molecule has 1 aromatic carbocycles. The normalized spacial score (nSPS) is 12.3. The van der Waals surface area contributed by atoms with Crippen molar-refractivity contribution in [1.29, 1.82) is 0 Å². The van der Waals surface area contributed by atoms with Crippen molar-refractivity contribution in [2.24, 2.45) is 33.7 Å². The van der Waals surface area contributed by atoms with Crippen LogP contribution in [-0.4, -0.2) is 126 Å². The number of phenols is 2. The molecule has 17 N–H and O–H groups in total. The molecule has 0 aliphatic heterocycles. The van der Waals surface area contributed by atoms with Crippen molar-refractivity contribution in [3.8, 4) is 11.5 Å². The minimum atomic E-state index is -1.23. The van der Waals surface area contributed by atoms with Gasteiger partial charge in [0.15, 0.2) is 5.96 Å². The Morgan fingerprint density at radius 2 is 1.50 bits per heavy atom. The summed E-state index contributed by atoms with van der Waals surface area (Å²) in [6.45, 7) is 2.86. The van der Waals surface area contributed by atoms with Crippen molar-refractivity contribution in [3.63, 3.8) is 0 Å². The summed E-state index contributed by atoms with van der Waals surface area (Å²) < 4.78 is 0. The van der Waals surface area contributed by atoms with E-state index in [9.17, 15) is 43.8 Å². The van der Waals surface area contributed by atoms with Crippen LogP contribution in [0.1, 0.15) is 70.3 Å². The van der Waals surface area contributed by atoms with Gasteiger partial charge in [-0.15, -0.1) is 0 Å². The average Bonchev–Trinajstić information content (AvgIpc) is 3.13. The number of hydrogen-bond acceptors (Lipinski definition) is 12. The van der Waals surface area contributed by atoms with Gasteiger partial charge in [0, 0.05) is 50.8 Å². The highest BCUT2D eigenvalue weighted by Gasteiger charge is 2.25. The average molecular weight is 793 g/mol. The minimum absolute atomic E-state index is 0.0154. The number of benzene rings is 1. The van der Waals surface area contributed by atoms with E-state index in [1.807, 2.05) is 0 Å². The predicted octanol–water partition coefficient (Wildman–Crippen LogP) is -3.64. The lowest BCUT2D eigenvalue weighted by Crippen LogP contribution is -2.51. The predicted molar refractivity (Wildman–Crippen MR) is 207 cm³/mol. The molecule has 1 rings (SSSR count). The van der Waals surface area contributed by atoms with E-state index in [4.69, 9.17) is 28.7 Å². The van der Waals surface area contributed by atoms with Crippen LogP contribution in [0.3, 0.4) is 0 Å². The molecule has 56 heavy (non-hydrogen) atoms. The number of carbonyl (C=O) groups excluding carboxylic acids is 7. The number of nitrogens with one attached hydrogen (secondary N) is 5. The van der Waals surface area contributed by atoms with Gasteiger partial charge < -0.3 is 70.4 Å². The number of carbonyl (C=O) groups is 7. The Labute approximate surface area is 326 Å². The van der Waals surface area contributed by atoms with Crippen LogP contribution in [-0.2, 0) is 40.0 Å². The smallest absolute Gasteiger partial charge is 0.244 e. The third-order valence-corrected chi connectivity index (χ3v) is 8.23. The van der Waals surface area contributed by atoms with Gasteiger partial charge in [-0.2, -0.15) is 0 Å². The Hall–Kier alpha value is -5.70. The van der Waals surface area contributed by atoms with E-state index in [1.165, 1.54) is 24.0 Å². The van der Waals surface area contributed by atoms with Gasteiger partial charge in [-0.1, -0.05) is 6.07 Å². The number of unbranched alkanes of at least 4 members (excludes halogenated alkanes) is 3. The van der Waals surface area contributed by atoms with Crippen molar-refractivity contribution in [2.45, 2.75) is 89.3 Å². The SMILES string of the molecule is C[C@H](NC(=O)CNC(=O)[C@@H](N)CCCN=C(N)N)C(=O)N(CCCCN)CCC(=O)NCCCCCNC(=O)[C@H](CC(N)=O)NC(=O)Cc1ccc(O)cc1O. The first-order valence-electron chi connectivity index (χ1n) is 18.5. The highest BCUT2D eigenvalue weighted by molar-refractivity contribution is 5.92. The monoisotopic (exact) mass is 792 g/mol. The molecule has 0 aromatic heterocycles. The Balaban J connectivity index is 2.45. The summed E-state index contributed by atoms with van der Waals surface area (Å²) in [5.41, 5.74) is 27.4. The second-order valence-electron chi connectivity index (χ2n) is 13.1. The molecular formula is C35H60N12O9. The molecule has 7 amide bonds. The Morgan fingerprint density at radius 3 is 2.14 bits per heavy atom. The number of phenolic OH excluding ortho intramolecular Hbond substituents is 2. The van der Waals surface area contributed by atoms with Crippen LogP contribution in [0, 0.1) is 0 Å². The minimum Gasteiger partial charge on any atom is -0.508 e. The highest BCUT2D eigenvalue weighted by Crippen LogP contribution is 2.22. The van der Waals surface area contributed by atoms with Crippen molar-refractivity contribution in [2.75, 3.05) is 45.8 Å². The zero-order valence-electron chi connectivity index (χ0n) is 32.0. The largest absolute Gasteiger partial charge is 0.508 e. The summed E-state index contributed by atoms with van der Waals surface area (Å²) in [6.07, 6.45) is 3.04. The number of hydrogen-bond donors (Lipinski definition) is 12. The van der Waals surface area contributed by atoms with E-state index in [1.54, 1.807) is 0 Å². The Bertz CT molecular complexity index is 1490. The zero-order valence-corrected chi connectivity index (χ0v) is 32.0. The molecule has 1 aromatic rings. The first-order chi connectivity index (χ1) is 26.5. The van der Waals surface area contributed by atoms with E-state index < -0.39 is 60.0 Å². The van der Waals surface area contributed by atoms with Gasteiger partial charge >= 0.3 is 0 Å². The molecular weight excluding hydrogens is 732 g/mol. The van der Waals surface area contributed by atoms with Crippen molar-refractivity contribution in [1.82, 2.24) is 31.5 Å². The van der Waals surface area contributed by atoms with Gasteiger partial charge in [0.1, 0.15) is 23.6 Å². The van der Waals surface area contributed by atoms with Crippen LogP contribution < -0.4 is 55.3 Å². The Kier molecular flexibility index (Phi) is 23.3. The molecule has 314 valence electrons. The number of amides is 7. The lowest BCUT2D eigenvalue weighted by molar-refractivity contribution is -0.136. The fourth-order valence-electron chi connectivity index (χ4n) is 5.20. The summed E-state index contributed by atoms with van der Waals surface area (Å²) in [4.78, 5) is 92.5. The van der Waals surface area contributed by atoms with Crippen LogP contribution in [0.2, 0.25) is 0 Å². The molecule has 0 bridgehead atoms. The fourth-order valence-corrected chi connectivity index (χ4v) is 5.20. The number of nitrogens with zero attached hydrogens (tertiary/aromatic N) is 2. The standard InChI is InChI=1S/C35H60N12O9/c1-22(45-31(53)21-44-32(54)25(37)8-7-15-43-35(39)40)34(56)47(16-6-3-12-36)17-11-29(51)41-13-4-2-5-14-42-33(55)26(20-28(38)50)46-30(52)18-23-9-10-24(48)19-27(23)49/h9-10,19,22,25-26,48-49H,2-8,11-18,20-21,36-37H2,1H3,(H2,38,50)(H,41,51)(H,42,55)(H,44,54)(H,45,53)(H,46,52)(H4,39,40,43)/t22-,25-,26-/m0/s1. The molecule has 0 saturated heterocycles. The van der Waals surface area contributed by atoms with E-state index in [2.05, 4.69) is 31.6 Å². The molecule has 21 heteroatoms. The number of guanidine groups is 1. The quantitative estimate of drug-likeness (QED) is 0.0222. The van der Waals surface area contributed by atoms with Gasteiger partial charge in [0.2, 0.25) is 41.4 Å². The zero-order chi connectivity index (χ0) is 42.0. The molecule has 0 saturated carbocycles. The molecule has 21 nitrogen and oxygen atoms in total. The molecule has 0 heterocycles. The van der Waals surface area contributed by atoms with Gasteiger partial charge in [-0.25, -0.2) is 0 Å². The lowest BCUT2D eigenvalue weighted by Gasteiger charge is -2.26. The Morgan fingerprint density at radius 1 is 0.804 bits per heavy atom. The third kappa shape index (κ3) is 21.3. The summed E-state index contributed by atoms with van der Waals surface area (Å²) >= 11 is 0. The molecule has 0 radical (unpaired) electrons. The second kappa shape index (κ2) is 27.0. The maximum absolute atomic E-state index is 13.2. The molecule has 0 aliphatic carbocycles. The number of primary amides is 1. The molecule has 0 aliphatic rings.